The molecule has 30 heavy (non-hydrogen) atoms. The highest BCUT2D eigenvalue weighted by Gasteiger charge is 2.14. The first kappa shape index (κ1) is 21.6. The van der Waals surface area contributed by atoms with Gasteiger partial charge in [0, 0.05) is 48.1 Å². The van der Waals surface area contributed by atoms with Gasteiger partial charge in [-0.15, -0.1) is 0 Å². The largest absolute Gasteiger partial charge is 0.380 e. The first-order chi connectivity index (χ1) is 14.3. The Hall–Kier alpha value is -3.09. The molecule has 3 rings (SSSR count). The van der Waals surface area contributed by atoms with E-state index in [-0.39, 0.29) is 11.8 Å². The van der Waals surface area contributed by atoms with Crippen molar-refractivity contribution < 1.29 is 9.59 Å². The standard InChI is InChI=1S/C22H20Cl2N4O2/c1-14(29)28(2)18-6-3-15(4-7-18)13-26-20-8-5-16(23)11-19(20)22(30)27-21-12-17(24)9-10-25-21/h3-12,26H,13H2,1-2H3,(H,25,27,30). The third-order valence-corrected chi connectivity index (χ3v) is 4.94. The molecule has 0 radical (unpaired) electrons. The van der Waals surface area contributed by atoms with Crippen LogP contribution < -0.4 is 15.5 Å². The third kappa shape index (κ3) is 5.49. The zero-order valence-corrected chi connectivity index (χ0v) is 18.0. The monoisotopic (exact) mass is 442 g/mol. The lowest BCUT2D eigenvalue weighted by atomic mass is 10.1. The molecule has 2 N–H and O–H groups in total. The van der Waals surface area contributed by atoms with Crippen LogP contribution in [0.3, 0.4) is 0 Å². The number of carbonyl (C=O) groups excluding carboxylic acids is 2. The summed E-state index contributed by atoms with van der Waals surface area (Å²) in [6.45, 7) is 2.00. The topological polar surface area (TPSA) is 74.3 Å². The van der Waals surface area contributed by atoms with Gasteiger partial charge in [-0.05, 0) is 48.0 Å². The van der Waals surface area contributed by atoms with Gasteiger partial charge in [-0.3, -0.25) is 9.59 Å². The van der Waals surface area contributed by atoms with Crippen molar-refractivity contribution in [2.45, 2.75) is 13.5 Å². The number of hydrogen-bond donors (Lipinski definition) is 2. The van der Waals surface area contributed by atoms with Crippen LogP contribution in [0.2, 0.25) is 10.0 Å². The van der Waals surface area contributed by atoms with E-state index in [0.717, 1.165) is 11.3 Å². The van der Waals surface area contributed by atoms with Gasteiger partial charge in [0.25, 0.3) is 5.91 Å². The summed E-state index contributed by atoms with van der Waals surface area (Å²) in [6, 6.07) is 15.8. The van der Waals surface area contributed by atoms with Crippen LogP contribution in [0.5, 0.6) is 0 Å². The first-order valence-electron chi connectivity index (χ1n) is 9.13. The molecule has 3 aromatic rings. The molecule has 0 saturated heterocycles. The maximum atomic E-state index is 12.8. The Kier molecular flexibility index (Phi) is 6.92. The molecule has 0 bridgehead atoms. The van der Waals surface area contributed by atoms with Crippen molar-refractivity contribution in [2.75, 3.05) is 22.6 Å². The number of benzene rings is 2. The number of rotatable bonds is 6. The lowest BCUT2D eigenvalue weighted by Gasteiger charge is -2.16. The molecule has 1 aromatic heterocycles. The molecule has 0 aliphatic carbocycles. The van der Waals surface area contributed by atoms with Crippen molar-refractivity contribution in [3.05, 3.63) is 82.0 Å². The van der Waals surface area contributed by atoms with Crippen molar-refractivity contribution in [1.29, 1.82) is 0 Å². The van der Waals surface area contributed by atoms with E-state index in [0.29, 0.717) is 33.7 Å². The molecule has 0 aliphatic rings. The van der Waals surface area contributed by atoms with E-state index in [2.05, 4.69) is 15.6 Å². The van der Waals surface area contributed by atoms with Crippen LogP contribution in [0.25, 0.3) is 0 Å². The van der Waals surface area contributed by atoms with Gasteiger partial charge in [-0.25, -0.2) is 4.98 Å². The number of halogens is 2. The van der Waals surface area contributed by atoms with E-state index in [1.807, 2.05) is 24.3 Å². The summed E-state index contributed by atoms with van der Waals surface area (Å²) < 4.78 is 0. The fourth-order valence-electron chi connectivity index (χ4n) is 2.73. The number of aromatic nitrogens is 1. The molecule has 0 fully saturated rings. The second kappa shape index (κ2) is 9.61. The summed E-state index contributed by atoms with van der Waals surface area (Å²) in [5.74, 6) is -0.0383. The molecular formula is C22H20Cl2N4O2. The van der Waals surface area contributed by atoms with E-state index in [9.17, 15) is 9.59 Å². The Morgan fingerprint density at radius 3 is 2.37 bits per heavy atom. The highest BCUT2D eigenvalue weighted by Crippen LogP contribution is 2.23. The second-order valence-electron chi connectivity index (χ2n) is 6.60. The first-order valence-corrected chi connectivity index (χ1v) is 9.88. The number of pyridine rings is 1. The Labute approximate surface area is 184 Å². The zero-order valence-electron chi connectivity index (χ0n) is 16.4. The van der Waals surface area contributed by atoms with Crippen molar-refractivity contribution in [1.82, 2.24) is 4.98 Å². The number of carbonyl (C=O) groups is 2. The number of nitrogens with zero attached hydrogens (tertiary/aromatic N) is 2. The Morgan fingerprint density at radius 2 is 1.70 bits per heavy atom. The molecule has 2 amide bonds. The predicted octanol–water partition coefficient (Wildman–Crippen LogP) is 5.24. The summed E-state index contributed by atoms with van der Waals surface area (Å²) in [5, 5.41) is 6.91. The van der Waals surface area contributed by atoms with Gasteiger partial charge in [0.05, 0.1) is 5.56 Å². The Morgan fingerprint density at radius 1 is 1.00 bits per heavy atom. The van der Waals surface area contributed by atoms with Gasteiger partial charge in [-0.2, -0.15) is 0 Å². The summed E-state index contributed by atoms with van der Waals surface area (Å²) in [5.41, 5.74) is 2.82. The number of anilines is 3. The van der Waals surface area contributed by atoms with Gasteiger partial charge in [0.2, 0.25) is 5.91 Å². The average Bonchev–Trinajstić information content (AvgIpc) is 2.72. The van der Waals surface area contributed by atoms with Crippen molar-refractivity contribution in [2.24, 2.45) is 0 Å². The highest BCUT2D eigenvalue weighted by atomic mass is 35.5. The lowest BCUT2D eigenvalue weighted by molar-refractivity contribution is -0.116. The molecule has 0 atom stereocenters. The van der Waals surface area contributed by atoms with Crippen molar-refractivity contribution >= 4 is 52.2 Å². The molecule has 6 nitrogen and oxygen atoms in total. The fraction of sp³-hybridized carbons (Fsp3) is 0.136. The summed E-state index contributed by atoms with van der Waals surface area (Å²) in [6.07, 6.45) is 1.52. The normalized spacial score (nSPS) is 10.4. The van der Waals surface area contributed by atoms with Gasteiger partial charge in [0.1, 0.15) is 5.82 Å². The molecule has 154 valence electrons. The zero-order chi connectivity index (χ0) is 21.7. The molecule has 0 spiro atoms. The molecule has 1 heterocycles. The van der Waals surface area contributed by atoms with E-state index in [1.165, 1.54) is 13.1 Å². The SMILES string of the molecule is CC(=O)N(C)c1ccc(CNc2ccc(Cl)cc2C(=O)Nc2cc(Cl)ccn2)cc1. The molecule has 0 unspecified atom stereocenters. The minimum absolute atomic E-state index is 0.0353. The molecule has 0 saturated carbocycles. The van der Waals surface area contributed by atoms with Crippen LogP contribution in [0, 0.1) is 0 Å². The van der Waals surface area contributed by atoms with Gasteiger partial charge < -0.3 is 15.5 Å². The van der Waals surface area contributed by atoms with E-state index >= 15 is 0 Å². The van der Waals surface area contributed by atoms with Gasteiger partial charge in [-0.1, -0.05) is 35.3 Å². The molecule has 0 aliphatic heterocycles. The Bertz CT molecular complexity index is 1070. The van der Waals surface area contributed by atoms with E-state index < -0.39 is 0 Å². The maximum absolute atomic E-state index is 12.8. The minimum Gasteiger partial charge on any atom is -0.380 e. The quantitative estimate of drug-likeness (QED) is 0.547. The van der Waals surface area contributed by atoms with Crippen molar-refractivity contribution in [3.63, 3.8) is 0 Å². The number of hydrogen-bond acceptors (Lipinski definition) is 4. The van der Waals surface area contributed by atoms with Crippen LogP contribution in [0.1, 0.15) is 22.8 Å². The highest BCUT2D eigenvalue weighted by molar-refractivity contribution is 6.31. The third-order valence-electron chi connectivity index (χ3n) is 4.47. The smallest absolute Gasteiger partial charge is 0.258 e. The molecule has 2 aromatic carbocycles. The minimum atomic E-state index is -0.354. The predicted molar refractivity (Wildman–Crippen MR) is 122 cm³/mol. The van der Waals surface area contributed by atoms with Crippen LogP contribution in [0.15, 0.2) is 60.8 Å². The van der Waals surface area contributed by atoms with Crippen molar-refractivity contribution in [3.8, 4) is 0 Å². The van der Waals surface area contributed by atoms with Crippen LogP contribution in [0.4, 0.5) is 17.2 Å². The summed E-state index contributed by atoms with van der Waals surface area (Å²) >= 11 is 12.1. The Balaban J connectivity index is 1.73. The second-order valence-corrected chi connectivity index (χ2v) is 7.47. The van der Waals surface area contributed by atoms with Crippen LogP contribution in [-0.4, -0.2) is 23.8 Å². The summed E-state index contributed by atoms with van der Waals surface area (Å²) in [4.78, 5) is 29.9. The molecular weight excluding hydrogens is 423 g/mol. The lowest BCUT2D eigenvalue weighted by Crippen LogP contribution is -2.22. The summed E-state index contributed by atoms with van der Waals surface area (Å²) in [7, 11) is 1.73. The molecule has 8 heteroatoms. The van der Waals surface area contributed by atoms with E-state index in [1.54, 1.807) is 42.3 Å². The van der Waals surface area contributed by atoms with Crippen LogP contribution >= 0.6 is 23.2 Å². The van der Waals surface area contributed by atoms with Gasteiger partial charge >= 0.3 is 0 Å². The van der Waals surface area contributed by atoms with E-state index in [4.69, 9.17) is 23.2 Å². The maximum Gasteiger partial charge on any atom is 0.258 e. The van der Waals surface area contributed by atoms with Gasteiger partial charge in [0.15, 0.2) is 0 Å². The van der Waals surface area contributed by atoms with Crippen LogP contribution in [-0.2, 0) is 11.3 Å². The number of amides is 2. The average molecular weight is 443 g/mol. The fourth-order valence-corrected chi connectivity index (χ4v) is 3.06. The number of nitrogens with one attached hydrogen (secondary N) is 2.